The Balaban J connectivity index is 2.36. The Morgan fingerprint density at radius 2 is 1.81 bits per heavy atom. The molecular formula is C17H18ClF2N. The molecule has 4 heteroatoms. The van der Waals surface area contributed by atoms with Crippen molar-refractivity contribution in [3.8, 4) is 11.1 Å². The number of hydrogen-bond donors (Lipinski definition) is 1. The summed E-state index contributed by atoms with van der Waals surface area (Å²) in [4.78, 5) is 0. The fraction of sp³-hybridized carbons (Fsp3) is 0.294. The molecule has 1 atom stereocenters. The molecule has 1 unspecified atom stereocenters. The van der Waals surface area contributed by atoms with E-state index in [1.807, 2.05) is 6.92 Å². The van der Waals surface area contributed by atoms with Gasteiger partial charge in [0.15, 0.2) is 0 Å². The quantitative estimate of drug-likeness (QED) is 0.785. The minimum absolute atomic E-state index is 0.00513. The summed E-state index contributed by atoms with van der Waals surface area (Å²) < 4.78 is 27.3. The lowest BCUT2D eigenvalue weighted by molar-refractivity contribution is 0.568. The minimum atomic E-state index is -0.505. The van der Waals surface area contributed by atoms with E-state index in [-0.39, 0.29) is 16.9 Å². The van der Waals surface area contributed by atoms with E-state index < -0.39 is 5.82 Å². The fourth-order valence-electron chi connectivity index (χ4n) is 2.18. The van der Waals surface area contributed by atoms with Gasteiger partial charge in [-0.25, -0.2) is 8.78 Å². The number of benzene rings is 2. The van der Waals surface area contributed by atoms with E-state index >= 15 is 0 Å². The van der Waals surface area contributed by atoms with Crippen molar-refractivity contribution >= 4 is 11.6 Å². The molecule has 0 bridgehead atoms. The topological polar surface area (TPSA) is 12.0 Å². The molecule has 0 saturated heterocycles. The lowest BCUT2D eigenvalue weighted by Crippen LogP contribution is -2.19. The highest BCUT2D eigenvalue weighted by atomic mass is 35.5. The Bertz CT molecular complexity index is 628. The molecule has 0 radical (unpaired) electrons. The molecular weight excluding hydrogens is 292 g/mol. The van der Waals surface area contributed by atoms with E-state index in [9.17, 15) is 8.78 Å². The Kier molecular flexibility index (Phi) is 5.32. The van der Waals surface area contributed by atoms with Crippen LogP contribution in [0.2, 0.25) is 5.02 Å². The van der Waals surface area contributed by atoms with Gasteiger partial charge in [0.05, 0.1) is 5.02 Å². The molecule has 0 heterocycles. The van der Waals surface area contributed by atoms with Gasteiger partial charge in [-0.3, -0.25) is 0 Å². The van der Waals surface area contributed by atoms with Crippen molar-refractivity contribution in [3.63, 3.8) is 0 Å². The molecule has 0 saturated carbocycles. The van der Waals surface area contributed by atoms with Gasteiger partial charge in [0.25, 0.3) is 0 Å². The van der Waals surface area contributed by atoms with Gasteiger partial charge in [-0.1, -0.05) is 30.7 Å². The lowest BCUT2D eigenvalue weighted by Gasteiger charge is -2.15. The van der Waals surface area contributed by atoms with Gasteiger partial charge in [0, 0.05) is 11.6 Å². The van der Waals surface area contributed by atoms with Gasteiger partial charge in [-0.05, 0) is 55.3 Å². The molecule has 0 aromatic heterocycles. The first-order valence-corrected chi connectivity index (χ1v) is 7.39. The van der Waals surface area contributed by atoms with Crippen molar-refractivity contribution in [2.75, 3.05) is 6.54 Å². The SMILES string of the molecule is CCCNC(C)c1ccc(F)c(-c2ccc(F)c(Cl)c2)c1. The van der Waals surface area contributed by atoms with Crippen molar-refractivity contribution in [2.24, 2.45) is 0 Å². The predicted octanol–water partition coefficient (Wildman–Crippen LogP) is 5.35. The molecule has 0 aliphatic heterocycles. The molecule has 0 amide bonds. The largest absolute Gasteiger partial charge is 0.310 e. The van der Waals surface area contributed by atoms with Crippen molar-refractivity contribution in [3.05, 3.63) is 58.6 Å². The zero-order valence-corrected chi connectivity index (χ0v) is 12.8. The van der Waals surface area contributed by atoms with Gasteiger partial charge in [-0.2, -0.15) is 0 Å². The third-order valence-corrected chi connectivity index (χ3v) is 3.71. The van der Waals surface area contributed by atoms with Crippen molar-refractivity contribution in [1.29, 1.82) is 0 Å². The molecule has 21 heavy (non-hydrogen) atoms. The maximum atomic E-state index is 14.0. The van der Waals surface area contributed by atoms with E-state index in [1.165, 1.54) is 24.3 Å². The van der Waals surface area contributed by atoms with Gasteiger partial charge in [0.2, 0.25) is 0 Å². The summed E-state index contributed by atoms with van der Waals surface area (Å²) >= 11 is 5.78. The summed E-state index contributed by atoms with van der Waals surface area (Å²) in [5.74, 6) is -0.848. The Labute approximate surface area is 128 Å². The van der Waals surface area contributed by atoms with E-state index in [2.05, 4.69) is 12.2 Å². The van der Waals surface area contributed by atoms with Crippen LogP contribution in [-0.4, -0.2) is 6.54 Å². The van der Waals surface area contributed by atoms with E-state index in [0.717, 1.165) is 18.5 Å². The van der Waals surface area contributed by atoms with Gasteiger partial charge in [0.1, 0.15) is 11.6 Å². The van der Waals surface area contributed by atoms with Gasteiger partial charge >= 0.3 is 0 Å². The standard InChI is InChI=1S/C17H18ClF2N/c1-3-8-21-11(2)12-4-6-16(19)14(9-12)13-5-7-17(20)15(18)10-13/h4-7,9-11,21H,3,8H2,1-2H3. The fourth-order valence-corrected chi connectivity index (χ4v) is 2.36. The van der Waals surface area contributed by atoms with Gasteiger partial charge < -0.3 is 5.32 Å². The second-order valence-electron chi connectivity index (χ2n) is 5.04. The van der Waals surface area contributed by atoms with Crippen LogP contribution in [0.1, 0.15) is 31.9 Å². The molecule has 2 rings (SSSR count). The third-order valence-electron chi connectivity index (χ3n) is 3.42. The van der Waals surface area contributed by atoms with Crippen LogP contribution in [0.3, 0.4) is 0 Å². The van der Waals surface area contributed by atoms with Crippen LogP contribution in [-0.2, 0) is 0 Å². The number of hydrogen-bond acceptors (Lipinski definition) is 1. The molecule has 0 spiro atoms. The summed E-state index contributed by atoms with van der Waals surface area (Å²) in [6.45, 7) is 5.02. The van der Waals surface area contributed by atoms with Crippen LogP contribution in [0.25, 0.3) is 11.1 Å². The smallest absolute Gasteiger partial charge is 0.141 e. The van der Waals surface area contributed by atoms with Crippen LogP contribution in [0.5, 0.6) is 0 Å². The zero-order chi connectivity index (χ0) is 15.4. The summed E-state index contributed by atoms with van der Waals surface area (Å²) in [6.07, 6.45) is 1.03. The highest BCUT2D eigenvalue weighted by molar-refractivity contribution is 6.31. The molecule has 0 aliphatic carbocycles. The van der Waals surface area contributed by atoms with Crippen LogP contribution in [0.4, 0.5) is 8.78 Å². The Morgan fingerprint density at radius 1 is 1.10 bits per heavy atom. The van der Waals surface area contributed by atoms with Crippen LogP contribution >= 0.6 is 11.6 Å². The van der Waals surface area contributed by atoms with Crippen molar-refractivity contribution in [2.45, 2.75) is 26.3 Å². The summed E-state index contributed by atoms with van der Waals surface area (Å²) in [7, 11) is 0. The zero-order valence-electron chi connectivity index (χ0n) is 12.1. The summed E-state index contributed by atoms with van der Waals surface area (Å²) in [5, 5.41) is 3.35. The first kappa shape index (κ1) is 15.9. The Morgan fingerprint density at radius 3 is 2.48 bits per heavy atom. The summed E-state index contributed by atoms with van der Waals surface area (Å²) in [5.41, 5.74) is 1.99. The predicted molar refractivity (Wildman–Crippen MR) is 83.5 cm³/mol. The number of rotatable bonds is 5. The van der Waals surface area contributed by atoms with E-state index in [1.54, 1.807) is 12.1 Å². The maximum Gasteiger partial charge on any atom is 0.141 e. The second kappa shape index (κ2) is 7.01. The molecule has 0 aliphatic rings. The first-order chi connectivity index (χ1) is 10.0. The second-order valence-corrected chi connectivity index (χ2v) is 5.45. The van der Waals surface area contributed by atoms with Crippen LogP contribution in [0.15, 0.2) is 36.4 Å². The van der Waals surface area contributed by atoms with E-state index in [0.29, 0.717) is 11.1 Å². The Hall–Kier alpha value is -1.45. The van der Waals surface area contributed by atoms with Crippen LogP contribution < -0.4 is 5.32 Å². The average Bonchev–Trinajstić information content (AvgIpc) is 2.48. The van der Waals surface area contributed by atoms with Crippen LogP contribution in [0, 0.1) is 11.6 Å². The molecule has 1 N–H and O–H groups in total. The normalized spacial score (nSPS) is 12.4. The molecule has 0 fully saturated rings. The molecule has 2 aromatic carbocycles. The summed E-state index contributed by atoms with van der Waals surface area (Å²) in [6, 6.07) is 9.34. The third kappa shape index (κ3) is 3.80. The minimum Gasteiger partial charge on any atom is -0.310 e. The molecule has 1 nitrogen and oxygen atoms in total. The lowest BCUT2D eigenvalue weighted by atomic mass is 9.99. The van der Waals surface area contributed by atoms with E-state index in [4.69, 9.17) is 11.6 Å². The van der Waals surface area contributed by atoms with Gasteiger partial charge in [-0.15, -0.1) is 0 Å². The molecule has 112 valence electrons. The first-order valence-electron chi connectivity index (χ1n) is 7.01. The average molecular weight is 310 g/mol. The monoisotopic (exact) mass is 309 g/mol. The highest BCUT2D eigenvalue weighted by Gasteiger charge is 2.11. The number of nitrogens with one attached hydrogen (secondary N) is 1. The maximum absolute atomic E-state index is 14.0. The van der Waals surface area contributed by atoms with Crippen molar-refractivity contribution < 1.29 is 8.78 Å². The highest BCUT2D eigenvalue weighted by Crippen LogP contribution is 2.29. The molecule has 2 aromatic rings. The van der Waals surface area contributed by atoms with Crippen molar-refractivity contribution in [1.82, 2.24) is 5.32 Å². The number of halogens is 3.